The van der Waals surface area contributed by atoms with E-state index < -0.39 is 5.82 Å². The lowest BCUT2D eigenvalue weighted by Crippen LogP contribution is -2.44. The van der Waals surface area contributed by atoms with Crippen LogP contribution in [0.1, 0.15) is 0 Å². The van der Waals surface area contributed by atoms with Crippen molar-refractivity contribution in [3.63, 3.8) is 0 Å². The summed E-state index contributed by atoms with van der Waals surface area (Å²) in [6, 6.07) is 3.74. The third-order valence-corrected chi connectivity index (χ3v) is 6.47. The largest absolute Gasteiger partial charge is 0.376 e. The minimum absolute atomic E-state index is 0.215. The quantitative estimate of drug-likeness (QED) is 0.411. The van der Waals surface area contributed by atoms with Gasteiger partial charge in [-0.3, -0.25) is 15.1 Å². The summed E-state index contributed by atoms with van der Waals surface area (Å²) >= 11 is 0. The minimum Gasteiger partial charge on any atom is -0.376 e. The highest BCUT2D eigenvalue weighted by atomic mass is 19.1. The van der Waals surface area contributed by atoms with Crippen LogP contribution in [0.25, 0.3) is 44.7 Å². The van der Waals surface area contributed by atoms with Crippen LogP contribution in [-0.2, 0) is 0 Å². The minimum atomic E-state index is -0.471. The molecule has 0 unspecified atom stereocenters. The summed E-state index contributed by atoms with van der Waals surface area (Å²) in [5.41, 5.74) is 4.14. The molecule has 1 fully saturated rings. The topological polar surface area (TPSA) is 106 Å². The molecule has 5 aromatic heterocycles. The van der Waals surface area contributed by atoms with Gasteiger partial charge >= 0.3 is 0 Å². The number of fused-ring (bicyclic) bond motifs is 2. The lowest BCUT2D eigenvalue weighted by molar-refractivity contribution is 0.312. The Morgan fingerprint density at radius 3 is 2.63 bits per heavy atom. The molecule has 0 aliphatic carbocycles. The van der Waals surface area contributed by atoms with Gasteiger partial charge in [0.15, 0.2) is 17.5 Å². The van der Waals surface area contributed by atoms with E-state index in [4.69, 9.17) is 4.98 Å². The number of H-pyrrole nitrogens is 2. The van der Waals surface area contributed by atoms with Crippen LogP contribution in [0.5, 0.6) is 0 Å². The van der Waals surface area contributed by atoms with E-state index in [1.807, 2.05) is 31.1 Å². The molecule has 178 valence electrons. The number of aromatic nitrogens is 7. The summed E-state index contributed by atoms with van der Waals surface area (Å²) in [5, 5.41) is 7.62. The van der Waals surface area contributed by atoms with Crippen molar-refractivity contribution < 1.29 is 4.39 Å². The Kier molecular flexibility index (Phi) is 5.06. The third-order valence-electron chi connectivity index (χ3n) is 6.47. The van der Waals surface area contributed by atoms with Gasteiger partial charge in [-0.2, -0.15) is 5.10 Å². The Hall–Kier alpha value is -4.12. The van der Waals surface area contributed by atoms with Crippen LogP contribution in [0.2, 0.25) is 0 Å². The molecular formula is C24H25FN10. The molecule has 6 heterocycles. The number of halogens is 1. The number of hydrogen-bond donors (Lipinski definition) is 2. The highest BCUT2D eigenvalue weighted by Gasteiger charge is 2.23. The van der Waals surface area contributed by atoms with E-state index in [9.17, 15) is 0 Å². The summed E-state index contributed by atoms with van der Waals surface area (Å²) in [6.45, 7) is 3.67. The molecule has 0 radical (unpaired) electrons. The smallest absolute Gasteiger partial charge is 0.161 e. The molecule has 11 heteroatoms. The van der Waals surface area contributed by atoms with Gasteiger partial charge in [0.2, 0.25) is 0 Å². The number of pyridine rings is 3. The van der Waals surface area contributed by atoms with Gasteiger partial charge in [-0.15, -0.1) is 0 Å². The molecule has 35 heavy (non-hydrogen) atoms. The van der Waals surface area contributed by atoms with Crippen LogP contribution in [0, 0.1) is 5.82 Å². The van der Waals surface area contributed by atoms with E-state index in [0.29, 0.717) is 28.0 Å². The van der Waals surface area contributed by atoms with Gasteiger partial charge in [0, 0.05) is 58.2 Å². The van der Waals surface area contributed by atoms with Crippen LogP contribution < -0.4 is 9.80 Å². The first-order valence-electron chi connectivity index (χ1n) is 11.4. The molecule has 0 spiro atoms. The Bertz CT molecular complexity index is 1530. The molecule has 0 amide bonds. The number of piperazine rings is 1. The van der Waals surface area contributed by atoms with Crippen molar-refractivity contribution in [2.75, 3.05) is 57.1 Å². The standard InChI is InChI=1S/C24H25FN10/c1-33(2)15-10-14(11-26-12-15)20-19(25)18-17(13-28-20)31-32-22(18)23-29-16-4-5-27-24(21(16)30-23)35-8-6-34(3)7-9-35/h4-5,10-13H,6-9H2,1-3H3,(H,29,30)(H,31,32). The zero-order valence-electron chi connectivity index (χ0n) is 19.7. The van der Waals surface area contributed by atoms with Crippen molar-refractivity contribution in [3.05, 3.63) is 42.7 Å². The molecule has 5 aromatic rings. The first-order chi connectivity index (χ1) is 17.0. The van der Waals surface area contributed by atoms with Crippen LogP contribution in [0.4, 0.5) is 15.9 Å². The maximum atomic E-state index is 15.9. The van der Waals surface area contributed by atoms with E-state index in [2.05, 4.69) is 47.0 Å². The molecule has 6 rings (SSSR count). The molecular weight excluding hydrogens is 447 g/mol. The summed E-state index contributed by atoms with van der Waals surface area (Å²) in [5.74, 6) is 0.833. The maximum Gasteiger partial charge on any atom is 0.161 e. The zero-order chi connectivity index (χ0) is 24.1. The molecule has 2 N–H and O–H groups in total. The molecule has 0 bridgehead atoms. The van der Waals surface area contributed by atoms with Gasteiger partial charge in [-0.1, -0.05) is 0 Å². The van der Waals surface area contributed by atoms with Crippen LogP contribution in [-0.4, -0.2) is 87.3 Å². The highest BCUT2D eigenvalue weighted by molar-refractivity contribution is 5.96. The van der Waals surface area contributed by atoms with E-state index >= 15 is 4.39 Å². The van der Waals surface area contributed by atoms with Crippen LogP contribution in [0.3, 0.4) is 0 Å². The molecule has 0 aromatic carbocycles. The van der Waals surface area contributed by atoms with Gasteiger partial charge in [0.25, 0.3) is 0 Å². The average molecular weight is 473 g/mol. The summed E-state index contributed by atoms with van der Waals surface area (Å²) < 4.78 is 15.9. The Balaban J connectivity index is 1.46. The second kappa shape index (κ2) is 8.27. The lowest BCUT2D eigenvalue weighted by atomic mass is 10.1. The third kappa shape index (κ3) is 3.64. The van der Waals surface area contributed by atoms with Gasteiger partial charge in [-0.25, -0.2) is 14.4 Å². The van der Waals surface area contributed by atoms with Gasteiger partial charge in [0.05, 0.1) is 34.5 Å². The zero-order valence-corrected chi connectivity index (χ0v) is 19.7. The first-order valence-corrected chi connectivity index (χ1v) is 11.4. The van der Waals surface area contributed by atoms with Crippen LogP contribution in [0.15, 0.2) is 36.9 Å². The number of likely N-dealkylation sites (N-methyl/N-ethyl adjacent to an activating group) is 1. The summed E-state index contributed by atoms with van der Waals surface area (Å²) in [4.78, 5) is 27.8. The number of anilines is 2. The molecule has 1 saturated heterocycles. The SMILES string of the molecule is CN1CCN(c2nccc3[nH]c(-c4n[nH]c5cnc(-c6cncc(N(C)C)c6)c(F)c45)nc23)CC1. The summed E-state index contributed by atoms with van der Waals surface area (Å²) in [6.07, 6.45) is 6.70. The van der Waals surface area contributed by atoms with Crippen molar-refractivity contribution in [2.24, 2.45) is 0 Å². The van der Waals surface area contributed by atoms with Crippen molar-refractivity contribution >= 4 is 33.4 Å². The molecule has 1 aliphatic rings. The lowest BCUT2D eigenvalue weighted by Gasteiger charge is -2.33. The predicted octanol–water partition coefficient (Wildman–Crippen LogP) is 2.92. The number of nitrogens with zero attached hydrogens (tertiary/aromatic N) is 8. The predicted molar refractivity (Wildman–Crippen MR) is 134 cm³/mol. The van der Waals surface area contributed by atoms with E-state index in [-0.39, 0.29) is 5.69 Å². The van der Waals surface area contributed by atoms with Crippen molar-refractivity contribution in [2.45, 2.75) is 0 Å². The number of imidazole rings is 1. The van der Waals surface area contributed by atoms with Crippen molar-refractivity contribution in [1.82, 2.24) is 40.0 Å². The highest BCUT2D eigenvalue weighted by Crippen LogP contribution is 2.34. The monoisotopic (exact) mass is 472 g/mol. The van der Waals surface area contributed by atoms with E-state index in [1.165, 1.54) is 0 Å². The van der Waals surface area contributed by atoms with Gasteiger partial charge < -0.3 is 19.7 Å². The molecule has 0 atom stereocenters. The molecule has 1 aliphatic heterocycles. The summed E-state index contributed by atoms with van der Waals surface area (Å²) in [7, 11) is 5.94. The molecule has 10 nitrogen and oxygen atoms in total. The number of hydrogen-bond acceptors (Lipinski definition) is 8. The average Bonchev–Trinajstić information content (AvgIpc) is 3.49. The second-order valence-electron chi connectivity index (χ2n) is 9.01. The fourth-order valence-electron chi connectivity index (χ4n) is 4.43. The number of rotatable bonds is 4. The Morgan fingerprint density at radius 1 is 1.00 bits per heavy atom. The molecule has 0 saturated carbocycles. The van der Waals surface area contributed by atoms with Gasteiger partial charge in [-0.05, 0) is 19.2 Å². The van der Waals surface area contributed by atoms with Gasteiger partial charge in [0.1, 0.15) is 16.9 Å². The maximum absolute atomic E-state index is 15.9. The van der Waals surface area contributed by atoms with Crippen molar-refractivity contribution in [1.29, 1.82) is 0 Å². The van der Waals surface area contributed by atoms with Crippen molar-refractivity contribution in [3.8, 4) is 22.8 Å². The Labute approximate surface area is 200 Å². The fraction of sp³-hybridized carbons (Fsp3) is 0.292. The normalized spacial score (nSPS) is 14.8. The second-order valence-corrected chi connectivity index (χ2v) is 9.01. The first kappa shape index (κ1) is 21.4. The Morgan fingerprint density at radius 2 is 1.83 bits per heavy atom. The number of nitrogens with one attached hydrogen (secondary N) is 2. The van der Waals surface area contributed by atoms with E-state index in [1.54, 1.807) is 24.8 Å². The fourth-order valence-corrected chi connectivity index (χ4v) is 4.43. The number of aromatic amines is 2. The van der Waals surface area contributed by atoms with E-state index in [0.717, 1.165) is 48.7 Å². The van der Waals surface area contributed by atoms with Crippen LogP contribution >= 0.6 is 0 Å².